The summed E-state index contributed by atoms with van der Waals surface area (Å²) < 4.78 is 71.3. The SMILES string of the molecule is N=C(N)c1ccc(N2CC(CN3CCN(S(=O)(=O)c4cccc(C(F)(F)F)c4)CC3)OC2=O)cc1. The summed E-state index contributed by atoms with van der Waals surface area (Å²) in [6, 6.07) is 10.4. The zero-order valence-electron chi connectivity index (χ0n) is 18.5. The van der Waals surface area contributed by atoms with Crippen LogP contribution in [0.1, 0.15) is 11.1 Å². The summed E-state index contributed by atoms with van der Waals surface area (Å²) in [5, 5.41) is 7.45. The highest BCUT2D eigenvalue weighted by atomic mass is 32.2. The van der Waals surface area contributed by atoms with E-state index in [0.29, 0.717) is 43.5 Å². The van der Waals surface area contributed by atoms with E-state index in [1.807, 2.05) is 4.90 Å². The van der Waals surface area contributed by atoms with Crippen LogP contribution in [0.3, 0.4) is 0 Å². The maximum Gasteiger partial charge on any atom is 0.416 e. The van der Waals surface area contributed by atoms with E-state index in [1.165, 1.54) is 9.21 Å². The number of anilines is 1. The van der Waals surface area contributed by atoms with Gasteiger partial charge in [0.2, 0.25) is 10.0 Å². The summed E-state index contributed by atoms with van der Waals surface area (Å²) in [6.45, 7) is 1.61. The largest absolute Gasteiger partial charge is 0.443 e. The lowest BCUT2D eigenvalue weighted by molar-refractivity contribution is -0.137. The molecule has 2 heterocycles. The second-order valence-electron chi connectivity index (χ2n) is 8.31. The van der Waals surface area contributed by atoms with E-state index < -0.39 is 38.9 Å². The zero-order valence-corrected chi connectivity index (χ0v) is 19.3. The van der Waals surface area contributed by atoms with Gasteiger partial charge in [-0.25, -0.2) is 13.2 Å². The monoisotopic (exact) mass is 511 g/mol. The lowest BCUT2D eigenvalue weighted by atomic mass is 10.2. The summed E-state index contributed by atoms with van der Waals surface area (Å²) >= 11 is 0. The third-order valence-corrected chi connectivity index (χ3v) is 7.85. The van der Waals surface area contributed by atoms with Gasteiger partial charge in [-0.05, 0) is 42.5 Å². The average Bonchev–Trinajstić information content (AvgIpc) is 3.18. The molecular weight excluding hydrogens is 487 g/mol. The van der Waals surface area contributed by atoms with Gasteiger partial charge in [-0.2, -0.15) is 17.5 Å². The fraction of sp³-hybridized carbons (Fsp3) is 0.364. The Morgan fingerprint density at radius 1 is 1.09 bits per heavy atom. The van der Waals surface area contributed by atoms with Crippen LogP contribution in [0.4, 0.5) is 23.7 Å². The number of nitrogens with two attached hydrogens (primary N) is 1. The van der Waals surface area contributed by atoms with Gasteiger partial charge >= 0.3 is 12.3 Å². The van der Waals surface area contributed by atoms with Crippen molar-refractivity contribution in [2.75, 3.05) is 44.2 Å². The Morgan fingerprint density at radius 2 is 1.74 bits per heavy atom. The molecule has 0 bridgehead atoms. The first-order valence-corrected chi connectivity index (χ1v) is 12.2. The van der Waals surface area contributed by atoms with E-state index in [2.05, 4.69) is 0 Å². The Kier molecular flexibility index (Phi) is 6.75. The number of ether oxygens (including phenoxy) is 1. The van der Waals surface area contributed by atoms with Crippen molar-refractivity contribution < 1.29 is 31.1 Å². The number of carbonyl (C=O) groups excluding carboxylic acids is 1. The molecule has 0 aromatic heterocycles. The molecule has 2 aliphatic rings. The number of rotatable bonds is 6. The number of amides is 1. The third-order valence-electron chi connectivity index (χ3n) is 5.96. The van der Waals surface area contributed by atoms with Gasteiger partial charge in [-0.1, -0.05) is 6.07 Å². The Hall–Kier alpha value is -3.16. The first kappa shape index (κ1) is 24.9. The quantitative estimate of drug-likeness (QED) is 0.454. The summed E-state index contributed by atoms with van der Waals surface area (Å²) in [7, 11) is -4.07. The van der Waals surface area contributed by atoms with Crippen molar-refractivity contribution in [1.29, 1.82) is 5.41 Å². The van der Waals surface area contributed by atoms with Crippen LogP contribution in [-0.2, 0) is 20.9 Å². The number of hydrogen-bond acceptors (Lipinski definition) is 6. The highest BCUT2D eigenvalue weighted by molar-refractivity contribution is 7.89. The van der Waals surface area contributed by atoms with Crippen molar-refractivity contribution in [3.8, 4) is 0 Å². The lowest BCUT2D eigenvalue weighted by Crippen LogP contribution is -2.50. The van der Waals surface area contributed by atoms with Crippen molar-refractivity contribution in [2.45, 2.75) is 17.2 Å². The van der Waals surface area contributed by atoms with E-state index in [9.17, 15) is 26.4 Å². The molecule has 1 amide bonds. The van der Waals surface area contributed by atoms with E-state index in [4.69, 9.17) is 15.9 Å². The number of piperazine rings is 1. The van der Waals surface area contributed by atoms with Gasteiger partial charge in [-0.3, -0.25) is 15.2 Å². The van der Waals surface area contributed by atoms with Gasteiger partial charge < -0.3 is 10.5 Å². The van der Waals surface area contributed by atoms with Crippen LogP contribution >= 0.6 is 0 Å². The second kappa shape index (κ2) is 9.47. The number of carbonyl (C=O) groups is 1. The first-order chi connectivity index (χ1) is 16.4. The van der Waals surface area contributed by atoms with Gasteiger partial charge in [0.25, 0.3) is 0 Å². The number of alkyl halides is 3. The predicted octanol–water partition coefficient (Wildman–Crippen LogP) is 2.32. The Labute approximate surface area is 200 Å². The maximum absolute atomic E-state index is 13.0. The average molecular weight is 512 g/mol. The van der Waals surface area contributed by atoms with Crippen LogP contribution in [0.5, 0.6) is 0 Å². The Bertz CT molecular complexity index is 1210. The van der Waals surface area contributed by atoms with Gasteiger partial charge in [0.05, 0.1) is 17.0 Å². The van der Waals surface area contributed by atoms with Crippen LogP contribution in [0, 0.1) is 5.41 Å². The number of benzene rings is 2. The molecule has 4 rings (SSSR count). The van der Waals surface area contributed by atoms with Crippen LogP contribution in [0.25, 0.3) is 0 Å². The molecule has 1 atom stereocenters. The smallest absolute Gasteiger partial charge is 0.416 e. The highest BCUT2D eigenvalue weighted by Crippen LogP contribution is 2.31. The Balaban J connectivity index is 1.34. The number of sulfonamides is 1. The summed E-state index contributed by atoms with van der Waals surface area (Å²) in [5.74, 6) is -0.0763. The molecule has 188 valence electrons. The fourth-order valence-electron chi connectivity index (χ4n) is 4.07. The number of nitrogens with one attached hydrogen (secondary N) is 1. The highest BCUT2D eigenvalue weighted by Gasteiger charge is 2.36. The van der Waals surface area contributed by atoms with Crippen LogP contribution < -0.4 is 10.6 Å². The molecule has 3 N–H and O–H groups in total. The number of nitrogens with zero attached hydrogens (tertiary/aromatic N) is 3. The topological polar surface area (TPSA) is 120 Å². The number of halogens is 3. The minimum Gasteiger partial charge on any atom is -0.443 e. The first-order valence-electron chi connectivity index (χ1n) is 10.8. The molecule has 2 aliphatic heterocycles. The lowest BCUT2D eigenvalue weighted by Gasteiger charge is -2.34. The van der Waals surface area contributed by atoms with Crippen LogP contribution in [-0.4, -0.2) is 74.9 Å². The summed E-state index contributed by atoms with van der Waals surface area (Å²) in [5.41, 5.74) is 5.59. The molecule has 0 radical (unpaired) electrons. The number of amidine groups is 1. The second-order valence-corrected chi connectivity index (χ2v) is 10.2. The van der Waals surface area contributed by atoms with Gasteiger partial charge in [0.15, 0.2) is 0 Å². The maximum atomic E-state index is 13.0. The minimum atomic E-state index is -4.63. The van der Waals surface area contributed by atoms with Crippen LogP contribution in [0.15, 0.2) is 53.4 Å². The number of hydrogen-bond donors (Lipinski definition) is 2. The molecule has 0 saturated carbocycles. The molecule has 35 heavy (non-hydrogen) atoms. The molecule has 2 aromatic carbocycles. The Morgan fingerprint density at radius 3 is 2.34 bits per heavy atom. The summed E-state index contributed by atoms with van der Waals surface area (Å²) in [4.78, 5) is 15.4. The molecule has 0 aliphatic carbocycles. The van der Waals surface area contributed by atoms with E-state index in [1.54, 1.807) is 24.3 Å². The molecule has 13 heteroatoms. The van der Waals surface area contributed by atoms with E-state index >= 15 is 0 Å². The molecule has 1 unspecified atom stereocenters. The van der Waals surface area contributed by atoms with Crippen molar-refractivity contribution in [3.05, 3.63) is 59.7 Å². The molecule has 2 aromatic rings. The molecule has 0 spiro atoms. The standard InChI is InChI=1S/C22H24F3N5O4S/c23-22(24,25)16-2-1-3-19(12-16)35(32,33)29-10-8-28(9-11-29)13-18-14-30(21(31)34-18)17-6-4-15(5-7-17)20(26)27/h1-7,12,18H,8-11,13-14H2,(H3,26,27). The zero-order chi connectivity index (χ0) is 25.4. The van der Waals surface area contributed by atoms with Crippen molar-refractivity contribution in [2.24, 2.45) is 5.73 Å². The van der Waals surface area contributed by atoms with Gasteiger partial charge in [-0.15, -0.1) is 0 Å². The summed E-state index contributed by atoms with van der Waals surface area (Å²) in [6.07, 6.45) is -5.57. The molecule has 2 fully saturated rings. The van der Waals surface area contributed by atoms with Crippen LogP contribution in [0.2, 0.25) is 0 Å². The minimum absolute atomic E-state index is 0.0763. The fourth-order valence-corrected chi connectivity index (χ4v) is 5.54. The predicted molar refractivity (Wildman–Crippen MR) is 122 cm³/mol. The van der Waals surface area contributed by atoms with Crippen molar-refractivity contribution in [3.63, 3.8) is 0 Å². The number of cyclic esters (lactones) is 1. The molecular formula is C22H24F3N5O4S. The molecule has 9 nitrogen and oxygen atoms in total. The van der Waals surface area contributed by atoms with Gasteiger partial charge in [0, 0.05) is 44.0 Å². The normalized spacial score (nSPS) is 20.1. The number of nitrogen functional groups attached to an aromatic ring is 1. The van der Waals surface area contributed by atoms with Crippen molar-refractivity contribution in [1.82, 2.24) is 9.21 Å². The van der Waals surface area contributed by atoms with Crippen molar-refractivity contribution >= 4 is 27.6 Å². The van der Waals surface area contributed by atoms with Gasteiger partial charge in [0.1, 0.15) is 11.9 Å². The van der Waals surface area contributed by atoms with E-state index in [0.717, 1.165) is 18.2 Å². The van der Waals surface area contributed by atoms with E-state index in [-0.39, 0.29) is 18.9 Å². The third kappa shape index (κ3) is 5.41. The molecule has 2 saturated heterocycles.